The summed E-state index contributed by atoms with van der Waals surface area (Å²) in [6.45, 7) is 0. The third-order valence-corrected chi connectivity index (χ3v) is 9.12. The maximum Gasteiger partial charge on any atom is 0.135 e. The highest BCUT2D eigenvalue weighted by Crippen LogP contribution is 2.43. The molecule has 0 atom stereocenters. The summed E-state index contributed by atoms with van der Waals surface area (Å²) in [6.07, 6.45) is 0. The van der Waals surface area contributed by atoms with Gasteiger partial charge in [-0.2, -0.15) is 10.5 Å². The van der Waals surface area contributed by atoms with Crippen molar-refractivity contribution in [3.8, 4) is 45.5 Å². The summed E-state index contributed by atoms with van der Waals surface area (Å²) in [5.74, 6) is 0. The minimum atomic E-state index is 0.561. The lowest BCUT2D eigenvalue weighted by atomic mass is 9.85. The second-order valence-electron chi connectivity index (χ2n) is 10.3. The van der Waals surface area contributed by atoms with Crippen LogP contribution in [0.15, 0.2) is 126 Å². The predicted octanol–water partition coefficient (Wildman–Crippen LogP) is 10.7. The molecular weight excluding hydrogens is 532 g/mol. The Bertz CT molecular complexity index is 2450. The molecule has 6 aromatic carbocycles. The number of hydrogen-bond donors (Lipinski definition) is 0. The Kier molecular flexibility index (Phi) is 5.44. The highest BCUT2D eigenvalue weighted by atomic mass is 32.1. The maximum absolute atomic E-state index is 10.5. The quantitative estimate of drug-likeness (QED) is 0.219. The first-order valence-electron chi connectivity index (χ1n) is 13.6. The molecule has 0 amide bonds. The molecule has 8 aromatic rings. The van der Waals surface area contributed by atoms with Crippen LogP contribution in [0.25, 0.3) is 75.5 Å². The predicted molar refractivity (Wildman–Crippen MR) is 172 cm³/mol. The lowest BCUT2D eigenvalue weighted by Gasteiger charge is -2.16. The fraction of sp³-hybridized carbons (Fsp3) is 0. The van der Waals surface area contributed by atoms with E-state index in [1.807, 2.05) is 60.7 Å². The maximum atomic E-state index is 10.5. The Morgan fingerprint density at radius 3 is 2.05 bits per heavy atom. The van der Waals surface area contributed by atoms with E-state index in [0.717, 1.165) is 60.7 Å². The minimum absolute atomic E-state index is 0.561. The molecule has 2 heterocycles. The number of rotatable bonds is 3. The van der Waals surface area contributed by atoms with Crippen molar-refractivity contribution in [1.29, 1.82) is 10.5 Å². The highest BCUT2D eigenvalue weighted by molar-refractivity contribution is 7.25. The number of nitrogens with zero attached hydrogens (tertiary/aromatic N) is 2. The number of hydrogen-bond acceptors (Lipinski definition) is 4. The topological polar surface area (TPSA) is 60.7 Å². The molecule has 0 spiro atoms. The van der Waals surface area contributed by atoms with E-state index < -0.39 is 0 Å². The van der Waals surface area contributed by atoms with E-state index >= 15 is 0 Å². The first-order chi connectivity index (χ1) is 20.7. The van der Waals surface area contributed by atoms with Gasteiger partial charge in [0.1, 0.15) is 11.2 Å². The van der Waals surface area contributed by atoms with E-state index in [9.17, 15) is 10.5 Å². The normalized spacial score (nSPS) is 11.3. The molecule has 0 aliphatic rings. The molecule has 4 heteroatoms. The van der Waals surface area contributed by atoms with Crippen LogP contribution in [0.5, 0.6) is 0 Å². The van der Waals surface area contributed by atoms with Crippen molar-refractivity contribution in [2.24, 2.45) is 0 Å². The SMILES string of the molecule is N#Cc1ccccc1-c1cc(-c2ccc3oc4ccccc4c3c2)cc(C#N)c1-c1ccc2sc3ccccc3c2c1. The molecule has 0 saturated heterocycles. The first kappa shape index (κ1) is 24.1. The van der Waals surface area contributed by atoms with Crippen LogP contribution in [-0.2, 0) is 0 Å². The van der Waals surface area contributed by atoms with Crippen LogP contribution in [0.3, 0.4) is 0 Å². The molecule has 0 bridgehead atoms. The van der Waals surface area contributed by atoms with Crippen LogP contribution in [0.1, 0.15) is 11.1 Å². The fourth-order valence-corrected chi connectivity index (χ4v) is 7.11. The van der Waals surface area contributed by atoms with Crippen molar-refractivity contribution in [3.05, 3.63) is 132 Å². The highest BCUT2D eigenvalue weighted by Gasteiger charge is 2.19. The van der Waals surface area contributed by atoms with Crippen molar-refractivity contribution in [3.63, 3.8) is 0 Å². The molecule has 194 valence electrons. The Morgan fingerprint density at radius 1 is 0.476 bits per heavy atom. The average Bonchev–Trinajstić information content (AvgIpc) is 3.61. The Labute approximate surface area is 245 Å². The lowest BCUT2D eigenvalue weighted by Crippen LogP contribution is -1.94. The summed E-state index contributed by atoms with van der Waals surface area (Å²) in [6, 6.07) is 45.6. The summed E-state index contributed by atoms with van der Waals surface area (Å²) in [7, 11) is 0. The lowest BCUT2D eigenvalue weighted by molar-refractivity contribution is 0.669. The number of para-hydroxylation sites is 1. The smallest absolute Gasteiger partial charge is 0.135 e. The molecule has 0 aliphatic carbocycles. The molecule has 0 unspecified atom stereocenters. The third kappa shape index (κ3) is 3.71. The van der Waals surface area contributed by atoms with Gasteiger partial charge in [-0.3, -0.25) is 0 Å². The van der Waals surface area contributed by atoms with E-state index in [2.05, 4.69) is 72.8 Å². The van der Waals surface area contributed by atoms with Crippen molar-refractivity contribution < 1.29 is 4.42 Å². The van der Waals surface area contributed by atoms with Gasteiger partial charge in [0.2, 0.25) is 0 Å². The molecule has 0 fully saturated rings. The molecule has 0 aliphatic heterocycles. The van der Waals surface area contributed by atoms with Crippen molar-refractivity contribution in [2.45, 2.75) is 0 Å². The number of benzene rings is 6. The van der Waals surface area contributed by atoms with Gasteiger partial charge in [0.05, 0.1) is 23.3 Å². The van der Waals surface area contributed by atoms with Gasteiger partial charge in [0.15, 0.2) is 0 Å². The molecule has 3 nitrogen and oxygen atoms in total. The van der Waals surface area contributed by atoms with Gasteiger partial charge in [-0.1, -0.05) is 66.7 Å². The second-order valence-corrected chi connectivity index (χ2v) is 11.4. The molecule has 0 radical (unpaired) electrons. The molecule has 2 aromatic heterocycles. The van der Waals surface area contributed by atoms with Crippen LogP contribution in [-0.4, -0.2) is 0 Å². The molecule has 0 N–H and O–H groups in total. The number of thiophene rings is 1. The van der Waals surface area contributed by atoms with Gasteiger partial charge in [0.25, 0.3) is 0 Å². The zero-order chi connectivity index (χ0) is 28.2. The van der Waals surface area contributed by atoms with Gasteiger partial charge in [-0.05, 0) is 76.9 Å². The van der Waals surface area contributed by atoms with Gasteiger partial charge < -0.3 is 4.42 Å². The fourth-order valence-electron chi connectivity index (χ4n) is 6.02. The number of nitriles is 2. The van der Waals surface area contributed by atoms with Crippen molar-refractivity contribution in [2.75, 3.05) is 0 Å². The molecular formula is C38H20N2OS. The van der Waals surface area contributed by atoms with Crippen LogP contribution >= 0.6 is 11.3 Å². The molecule has 42 heavy (non-hydrogen) atoms. The van der Waals surface area contributed by atoms with Gasteiger partial charge in [-0.25, -0.2) is 0 Å². The number of fused-ring (bicyclic) bond motifs is 6. The van der Waals surface area contributed by atoms with Crippen LogP contribution in [0.2, 0.25) is 0 Å². The molecule has 8 rings (SSSR count). The van der Waals surface area contributed by atoms with Crippen molar-refractivity contribution >= 4 is 53.4 Å². The Morgan fingerprint density at radius 2 is 1.17 bits per heavy atom. The zero-order valence-corrected chi connectivity index (χ0v) is 23.1. The molecule has 0 saturated carbocycles. The van der Waals surface area contributed by atoms with E-state index in [1.54, 1.807) is 11.3 Å². The second kappa shape index (κ2) is 9.46. The van der Waals surface area contributed by atoms with Crippen LogP contribution in [0.4, 0.5) is 0 Å². The standard InChI is InChI=1S/C38H20N2OS/c39-21-25-7-1-2-8-28(25)33-20-26(23-13-15-35-31(18-23)29-9-3-5-11-34(29)41-35)17-27(22-40)38(33)24-14-16-37-32(19-24)30-10-4-6-12-36(30)42-37/h1-20H. The average molecular weight is 553 g/mol. The first-order valence-corrected chi connectivity index (χ1v) is 14.4. The minimum Gasteiger partial charge on any atom is -0.456 e. The third-order valence-electron chi connectivity index (χ3n) is 7.97. The van der Waals surface area contributed by atoms with E-state index in [0.29, 0.717) is 11.1 Å². The summed E-state index contributed by atoms with van der Waals surface area (Å²) in [5, 5.41) is 25.1. The van der Waals surface area contributed by atoms with Gasteiger partial charge >= 0.3 is 0 Å². The number of furan rings is 1. The summed E-state index contributed by atoms with van der Waals surface area (Å²) in [5.41, 5.74) is 8.13. The van der Waals surface area contributed by atoms with Crippen LogP contribution < -0.4 is 0 Å². The largest absolute Gasteiger partial charge is 0.456 e. The summed E-state index contributed by atoms with van der Waals surface area (Å²) in [4.78, 5) is 0. The van der Waals surface area contributed by atoms with Crippen molar-refractivity contribution in [1.82, 2.24) is 0 Å². The van der Waals surface area contributed by atoms with E-state index in [4.69, 9.17) is 4.42 Å². The monoisotopic (exact) mass is 552 g/mol. The van der Waals surface area contributed by atoms with Gasteiger partial charge in [-0.15, -0.1) is 11.3 Å². The Balaban J connectivity index is 1.41. The van der Waals surface area contributed by atoms with Crippen LogP contribution in [0, 0.1) is 22.7 Å². The summed E-state index contributed by atoms with van der Waals surface area (Å²) >= 11 is 1.77. The van der Waals surface area contributed by atoms with Gasteiger partial charge in [0, 0.05) is 42.1 Å². The van der Waals surface area contributed by atoms with E-state index in [-0.39, 0.29) is 0 Å². The van der Waals surface area contributed by atoms with E-state index in [1.165, 1.54) is 14.8 Å². The Hall–Kier alpha value is -5.68. The zero-order valence-electron chi connectivity index (χ0n) is 22.3. The summed E-state index contributed by atoms with van der Waals surface area (Å²) < 4.78 is 8.50.